The minimum Gasteiger partial charge on any atom is -0.411 e. The molecule has 0 aliphatic carbocycles. The number of sulfonamides is 1. The summed E-state index contributed by atoms with van der Waals surface area (Å²) in [5, 5.41) is 11.4. The lowest BCUT2D eigenvalue weighted by atomic mass is 10.2. The lowest BCUT2D eigenvalue weighted by Gasteiger charge is -2.16. The molecule has 0 bridgehead atoms. The molecule has 0 unspecified atom stereocenters. The van der Waals surface area contributed by atoms with Gasteiger partial charge in [-0.05, 0) is 18.9 Å². The Balaban J connectivity index is 2.45. The van der Waals surface area contributed by atoms with E-state index in [0.29, 0.717) is 18.7 Å². The number of benzene rings is 1. The molecule has 1 N–H and O–H groups in total. The standard InChI is InChI=1S/C11H14N2O3S/c14-12-9-10-5-1-2-6-11(10)17(15,16)13-7-3-4-8-13/h1-2,5-6,9,14H,3-4,7-8H2/b12-9+. The zero-order valence-corrected chi connectivity index (χ0v) is 10.1. The highest BCUT2D eigenvalue weighted by Gasteiger charge is 2.28. The van der Waals surface area contributed by atoms with Gasteiger partial charge in [0.2, 0.25) is 10.0 Å². The van der Waals surface area contributed by atoms with Crippen LogP contribution in [0.4, 0.5) is 0 Å². The van der Waals surface area contributed by atoms with E-state index in [-0.39, 0.29) is 4.90 Å². The molecule has 17 heavy (non-hydrogen) atoms. The third kappa shape index (κ3) is 2.32. The predicted molar refractivity (Wildman–Crippen MR) is 63.8 cm³/mol. The first-order chi connectivity index (χ1) is 8.16. The number of rotatable bonds is 3. The third-order valence-corrected chi connectivity index (χ3v) is 4.77. The van der Waals surface area contributed by atoms with Gasteiger partial charge in [0.25, 0.3) is 0 Å². The molecular weight excluding hydrogens is 240 g/mol. The monoisotopic (exact) mass is 254 g/mol. The highest BCUT2D eigenvalue weighted by atomic mass is 32.2. The molecule has 0 radical (unpaired) electrons. The van der Waals surface area contributed by atoms with E-state index in [1.807, 2.05) is 0 Å². The van der Waals surface area contributed by atoms with Crippen molar-refractivity contribution >= 4 is 16.2 Å². The molecule has 6 heteroatoms. The van der Waals surface area contributed by atoms with Crippen molar-refractivity contribution in [1.29, 1.82) is 0 Å². The van der Waals surface area contributed by atoms with Crippen LogP contribution in [0.15, 0.2) is 34.3 Å². The molecule has 92 valence electrons. The fourth-order valence-electron chi connectivity index (χ4n) is 1.95. The first-order valence-corrected chi connectivity index (χ1v) is 6.87. The van der Waals surface area contributed by atoms with Crippen LogP contribution in [0.5, 0.6) is 0 Å². The maximum absolute atomic E-state index is 12.3. The zero-order valence-electron chi connectivity index (χ0n) is 9.28. The summed E-state index contributed by atoms with van der Waals surface area (Å²) in [5.41, 5.74) is 0.405. The van der Waals surface area contributed by atoms with E-state index in [1.165, 1.54) is 10.4 Å². The molecule has 1 saturated heterocycles. The van der Waals surface area contributed by atoms with E-state index in [4.69, 9.17) is 5.21 Å². The minimum absolute atomic E-state index is 0.194. The Morgan fingerprint density at radius 2 is 1.88 bits per heavy atom. The van der Waals surface area contributed by atoms with Crippen LogP contribution in [0.1, 0.15) is 18.4 Å². The molecule has 0 spiro atoms. The van der Waals surface area contributed by atoms with Gasteiger partial charge in [0.15, 0.2) is 0 Å². The zero-order chi connectivity index (χ0) is 12.3. The topological polar surface area (TPSA) is 70.0 Å². The van der Waals surface area contributed by atoms with Crippen LogP contribution in [0.25, 0.3) is 0 Å². The van der Waals surface area contributed by atoms with Gasteiger partial charge in [0, 0.05) is 18.7 Å². The van der Waals surface area contributed by atoms with E-state index >= 15 is 0 Å². The molecule has 1 aliphatic heterocycles. The summed E-state index contributed by atoms with van der Waals surface area (Å²) in [5.74, 6) is 0. The molecule has 1 heterocycles. The number of oxime groups is 1. The van der Waals surface area contributed by atoms with Crippen LogP contribution in [-0.4, -0.2) is 37.2 Å². The van der Waals surface area contributed by atoms with Gasteiger partial charge in [-0.25, -0.2) is 8.42 Å². The molecule has 0 saturated carbocycles. The summed E-state index contributed by atoms with van der Waals surface area (Å²) in [4.78, 5) is 0.194. The van der Waals surface area contributed by atoms with Crippen molar-refractivity contribution in [2.24, 2.45) is 5.16 Å². The van der Waals surface area contributed by atoms with Crippen molar-refractivity contribution in [2.45, 2.75) is 17.7 Å². The van der Waals surface area contributed by atoms with Crippen molar-refractivity contribution in [3.8, 4) is 0 Å². The first kappa shape index (κ1) is 12.1. The van der Waals surface area contributed by atoms with Crippen molar-refractivity contribution in [2.75, 3.05) is 13.1 Å². The summed E-state index contributed by atoms with van der Waals surface area (Å²) < 4.78 is 26.1. The summed E-state index contributed by atoms with van der Waals surface area (Å²) in [7, 11) is -3.46. The van der Waals surface area contributed by atoms with Gasteiger partial charge >= 0.3 is 0 Å². The van der Waals surface area contributed by atoms with Crippen LogP contribution in [0.3, 0.4) is 0 Å². The van der Waals surface area contributed by atoms with Crippen LogP contribution in [0, 0.1) is 0 Å². The summed E-state index contributed by atoms with van der Waals surface area (Å²) >= 11 is 0. The fourth-order valence-corrected chi connectivity index (χ4v) is 3.64. The van der Waals surface area contributed by atoms with Crippen LogP contribution < -0.4 is 0 Å². The van der Waals surface area contributed by atoms with Gasteiger partial charge in [-0.1, -0.05) is 23.4 Å². The first-order valence-electron chi connectivity index (χ1n) is 5.43. The largest absolute Gasteiger partial charge is 0.411 e. The Morgan fingerprint density at radius 1 is 1.24 bits per heavy atom. The van der Waals surface area contributed by atoms with Crippen molar-refractivity contribution < 1.29 is 13.6 Å². The van der Waals surface area contributed by atoms with Crippen molar-refractivity contribution in [3.05, 3.63) is 29.8 Å². The molecule has 1 aliphatic rings. The van der Waals surface area contributed by atoms with E-state index in [1.54, 1.807) is 18.2 Å². The highest BCUT2D eigenvalue weighted by Crippen LogP contribution is 2.22. The molecule has 1 aromatic rings. The summed E-state index contributed by atoms with van der Waals surface area (Å²) in [6.45, 7) is 1.12. The number of nitrogens with zero attached hydrogens (tertiary/aromatic N) is 2. The maximum Gasteiger partial charge on any atom is 0.243 e. The lowest BCUT2D eigenvalue weighted by Crippen LogP contribution is -2.28. The molecule has 1 fully saturated rings. The fraction of sp³-hybridized carbons (Fsp3) is 0.364. The van der Waals surface area contributed by atoms with E-state index in [2.05, 4.69) is 5.16 Å². The van der Waals surface area contributed by atoms with Gasteiger partial charge in [-0.2, -0.15) is 4.31 Å². The van der Waals surface area contributed by atoms with Gasteiger partial charge in [0.1, 0.15) is 0 Å². The molecule has 0 amide bonds. The Bertz CT molecular complexity index is 519. The Labute approximate surface area is 100 Å². The van der Waals surface area contributed by atoms with Crippen LogP contribution >= 0.6 is 0 Å². The number of hydrogen-bond donors (Lipinski definition) is 1. The van der Waals surface area contributed by atoms with E-state index in [0.717, 1.165) is 19.1 Å². The average molecular weight is 254 g/mol. The molecule has 2 rings (SSSR count). The van der Waals surface area contributed by atoms with Crippen molar-refractivity contribution in [3.63, 3.8) is 0 Å². The van der Waals surface area contributed by atoms with E-state index in [9.17, 15) is 8.42 Å². The molecular formula is C11H14N2O3S. The molecule has 5 nitrogen and oxygen atoms in total. The second kappa shape index (κ2) is 4.85. The van der Waals surface area contributed by atoms with Crippen molar-refractivity contribution in [1.82, 2.24) is 4.31 Å². The molecule has 0 atom stereocenters. The average Bonchev–Trinajstić information content (AvgIpc) is 2.84. The third-order valence-electron chi connectivity index (χ3n) is 2.80. The highest BCUT2D eigenvalue weighted by molar-refractivity contribution is 7.89. The van der Waals surface area contributed by atoms with Crippen LogP contribution in [0.2, 0.25) is 0 Å². The SMILES string of the molecule is O=S(=O)(c1ccccc1/C=N/O)N1CCCC1. The second-order valence-corrected chi connectivity index (χ2v) is 5.80. The lowest BCUT2D eigenvalue weighted by molar-refractivity contribution is 0.321. The van der Waals surface area contributed by atoms with Crippen LogP contribution in [-0.2, 0) is 10.0 Å². The Morgan fingerprint density at radius 3 is 2.53 bits per heavy atom. The van der Waals surface area contributed by atoms with Gasteiger partial charge in [-0.3, -0.25) is 0 Å². The van der Waals surface area contributed by atoms with E-state index < -0.39 is 10.0 Å². The van der Waals surface area contributed by atoms with Gasteiger partial charge < -0.3 is 5.21 Å². The normalized spacial score (nSPS) is 17.9. The van der Waals surface area contributed by atoms with Gasteiger partial charge in [-0.15, -0.1) is 0 Å². The quantitative estimate of drug-likeness (QED) is 0.502. The summed E-state index contributed by atoms with van der Waals surface area (Å²) in [6, 6.07) is 6.52. The predicted octanol–water partition coefficient (Wildman–Crippen LogP) is 1.28. The van der Waals surface area contributed by atoms with Gasteiger partial charge in [0.05, 0.1) is 11.1 Å². The Kier molecular flexibility index (Phi) is 3.44. The summed E-state index contributed by atoms with van der Waals surface area (Å²) in [6.07, 6.45) is 2.94. The smallest absolute Gasteiger partial charge is 0.243 e. The Hall–Kier alpha value is -1.40. The minimum atomic E-state index is -3.46. The second-order valence-electron chi connectivity index (χ2n) is 3.89. The maximum atomic E-state index is 12.3. The molecule has 0 aromatic heterocycles. The molecule has 1 aromatic carbocycles. The number of hydrogen-bond acceptors (Lipinski definition) is 4.